The smallest absolute Gasteiger partial charge is 0.221 e. The lowest BCUT2D eigenvalue weighted by molar-refractivity contribution is 0.481. The maximum atomic E-state index is 10.1. The van der Waals surface area contributed by atoms with Crippen molar-refractivity contribution >= 4 is 22.4 Å². The molecule has 0 amide bonds. The molecule has 4 aromatic rings. The fourth-order valence-electron chi connectivity index (χ4n) is 3.00. The van der Waals surface area contributed by atoms with E-state index in [1.807, 2.05) is 54.6 Å². The number of nitrogen functional groups attached to an aromatic ring is 2. The van der Waals surface area contributed by atoms with Gasteiger partial charge in [0.05, 0.1) is 11.4 Å². The topological polar surface area (TPSA) is 98.0 Å². The number of hydrogen-bond donors (Lipinski definition) is 3. The molecule has 0 aliphatic heterocycles. The van der Waals surface area contributed by atoms with Crippen LogP contribution in [-0.2, 0) is 0 Å². The van der Waals surface area contributed by atoms with Gasteiger partial charge in [-0.05, 0) is 17.5 Å². The Morgan fingerprint density at radius 2 is 1.32 bits per heavy atom. The zero-order chi connectivity index (χ0) is 17.4. The number of aromatic nitrogens is 2. The summed E-state index contributed by atoms with van der Waals surface area (Å²) < 4.78 is 0. The highest BCUT2D eigenvalue weighted by atomic mass is 16.3. The van der Waals surface area contributed by atoms with Crippen LogP contribution in [0.4, 0.5) is 11.6 Å². The van der Waals surface area contributed by atoms with Crippen LogP contribution in [0.5, 0.6) is 5.75 Å². The fourth-order valence-corrected chi connectivity index (χ4v) is 3.00. The molecule has 1 aromatic heterocycles. The molecule has 0 saturated heterocycles. The number of benzene rings is 3. The first-order valence-corrected chi connectivity index (χ1v) is 7.84. The highest BCUT2D eigenvalue weighted by Crippen LogP contribution is 2.38. The van der Waals surface area contributed by atoms with E-state index in [-0.39, 0.29) is 11.7 Å². The molecular formula is C20H16N4O. The summed E-state index contributed by atoms with van der Waals surface area (Å²) in [5.74, 6) is 0.364. The van der Waals surface area contributed by atoms with Crippen molar-refractivity contribution in [2.24, 2.45) is 0 Å². The van der Waals surface area contributed by atoms with Crippen molar-refractivity contribution in [1.29, 1.82) is 0 Å². The van der Waals surface area contributed by atoms with Crippen molar-refractivity contribution in [3.05, 3.63) is 66.7 Å². The Hall–Kier alpha value is -3.60. The highest BCUT2D eigenvalue weighted by molar-refractivity contribution is 6.02. The van der Waals surface area contributed by atoms with Crippen molar-refractivity contribution in [2.45, 2.75) is 0 Å². The molecule has 0 aliphatic carbocycles. The summed E-state index contributed by atoms with van der Waals surface area (Å²) in [5.41, 5.74) is 15.6. The van der Waals surface area contributed by atoms with Crippen molar-refractivity contribution in [3.63, 3.8) is 0 Å². The zero-order valence-electron chi connectivity index (χ0n) is 13.3. The largest absolute Gasteiger partial charge is 0.507 e. The van der Waals surface area contributed by atoms with Crippen LogP contribution in [-0.4, -0.2) is 15.1 Å². The molecule has 5 N–H and O–H groups in total. The van der Waals surface area contributed by atoms with E-state index < -0.39 is 0 Å². The summed E-state index contributed by atoms with van der Waals surface area (Å²) in [6.07, 6.45) is 0. The molecule has 0 saturated carbocycles. The summed E-state index contributed by atoms with van der Waals surface area (Å²) in [7, 11) is 0. The summed E-state index contributed by atoms with van der Waals surface area (Å²) in [4.78, 5) is 8.69. The van der Waals surface area contributed by atoms with Crippen LogP contribution in [0.1, 0.15) is 0 Å². The van der Waals surface area contributed by atoms with E-state index in [0.717, 1.165) is 21.9 Å². The standard InChI is InChI=1S/C20H16N4O/c21-17-18(12-6-2-1-3-7-12)23-20(22)24-19(17)15-10-11-16(25)14-9-5-4-8-13(14)15/h1-11,25H,21H2,(H2,22,23,24). The third-order valence-electron chi connectivity index (χ3n) is 4.17. The van der Waals surface area contributed by atoms with Crippen LogP contribution in [0.25, 0.3) is 33.3 Å². The predicted molar refractivity (Wildman–Crippen MR) is 101 cm³/mol. The van der Waals surface area contributed by atoms with Crippen molar-refractivity contribution in [2.75, 3.05) is 11.5 Å². The summed E-state index contributed by atoms with van der Waals surface area (Å²) >= 11 is 0. The molecule has 0 atom stereocenters. The van der Waals surface area contributed by atoms with Gasteiger partial charge in [-0.15, -0.1) is 0 Å². The molecule has 0 radical (unpaired) electrons. The quantitative estimate of drug-likeness (QED) is 0.519. The molecule has 122 valence electrons. The number of nitrogens with zero attached hydrogens (tertiary/aromatic N) is 2. The molecule has 1 heterocycles. The maximum Gasteiger partial charge on any atom is 0.221 e. The molecule has 25 heavy (non-hydrogen) atoms. The van der Waals surface area contributed by atoms with Gasteiger partial charge in [0.25, 0.3) is 0 Å². The van der Waals surface area contributed by atoms with Gasteiger partial charge in [0, 0.05) is 16.5 Å². The molecule has 0 unspecified atom stereocenters. The number of rotatable bonds is 2. The van der Waals surface area contributed by atoms with Crippen LogP contribution >= 0.6 is 0 Å². The van der Waals surface area contributed by atoms with Gasteiger partial charge >= 0.3 is 0 Å². The summed E-state index contributed by atoms with van der Waals surface area (Å²) in [5, 5.41) is 11.7. The number of nitrogens with two attached hydrogens (primary N) is 2. The van der Waals surface area contributed by atoms with E-state index in [2.05, 4.69) is 9.97 Å². The third-order valence-corrected chi connectivity index (χ3v) is 4.17. The molecule has 0 bridgehead atoms. The second kappa shape index (κ2) is 5.79. The molecule has 5 heteroatoms. The minimum Gasteiger partial charge on any atom is -0.507 e. The lowest BCUT2D eigenvalue weighted by Gasteiger charge is -2.13. The Morgan fingerprint density at radius 1 is 0.680 bits per heavy atom. The number of aromatic hydroxyl groups is 1. The molecule has 3 aromatic carbocycles. The number of phenolic OH excluding ortho intramolecular Hbond substituents is 1. The lowest BCUT2D eigenvalue weighted by atomic mass is 9.98. The minimum absolute atomic E-state index is 0.153. The first-order chi connectivity index (χ1) is 12.1. The normalized spacial score (nSPS) is 10.9. The number of anilines is 2. The van der Waals surface area contributed by atoms with Gasteiger partial charge in [0.2, 0.25) is 5.95 Å². The van der Waals surface area contributed by atoms with E-state index in [1.165, 1.54) is 0 Å². The van der Waals surface area contributed by atoms with E-state index in [0.29, 0.717) is 17.1 Å². The Morgan fingerprint density at radius 3 is 2.08 bits per heavy atom. The monoisotopic (exact) mass is 328 g/mol. The van der Waals surface area contributed by atoms with Gasteiger partial charge in [0.1, 0.15) is 11.4 Å². The van der Waals surface area contributed by atoms with E-state index >= 15 is 0 Å². The Bertz CT molecular complexity index is 1080. The average molecular weight is 328 g/mol. The number of fused-ring (bicyclic) bond motifs is 1. The highest BCUT2D eigenvalue weighted by Gasteiger charge is 2.16. The zero-order valence-corrected chi connectivity index (χ0v) is 13.3. The van der Waals surface area contributed by atoms with Crippen LogP contribution in [0.15, 0.2) is 66.7 Å². The first kappa shape index (κ1) is 15.0. The minimum atomic E-state index is 0.153. The second-order valence-electron chi connectivity index (χ2n) is 5.74. The van der Waals surface area contributed by atoms with Gasteiger partial charge in [-0.1, -0.05) is 54.6 Å². The van der Waals surface area contributed by atoms with Crippen LogP contribution in [0.2, 0.25) is 0 Å². The van der Waals surface area contributed by atoms with Gasteiger partial charge in [-0.3, -0.25) is 0 Å². The van der Waals surface area contributed by atoms with E-state index in [9.17, 15) is 5.11 Å². The summed E-state index contributed by atoms with van der Waals surface area (Å²) in [6.45, 7) is 0. The molecular weight excluding hydrogens is 312 g/mol. The Labute approximate surface area is 144 Å². The first-order valence-electron chi connectivity index (χ1n) is 7.84. The molecule has 4 rings (SSSR count). The fraction of sp³-hybridized carbons (Fsp3) is 0. The van der Waals surface area contributed by atoms with Gasteiger partial charge in [0.15, 0.2) is 0 Å². The summed E-state index contributed by atoms with van der Waals surface area (Å²) in [6, 6.07) is 20.6. The molecule has 0 spiro atoms. The Kier molecular flexibility index (Phi) is 3.47. The molecule has 0 aliphatic rings. The van der Waals surface area contributed by atoms with Crippen LogP contribution in [0.3, 0.4) is 0 Å². The van der Waals surface area contributed by atoms with Gasteiger partial charge in [-0.2, -0.15) is 0 Å². The lowest BCUT2D eigenvalue weighted by Crippen LogP contribution is -2.04. The van der Waals surface area contributed by atoms with Crippen LogP contribution < -0.4 is 11.5 Å². The maximum absolute atomic E-state index is 10.1. The second-order valence-corrected chi connectivity index (χ2v) is 5.74. The average Bonchev–Trinajstić information content (AvgIpc) is 2.65. The van der Waals surface area contributed by atoms with Crippen molar-refractivity contribution in [1.82, 2.24) is 9.97 Å². The van der Waals surface area contributed by atoms with Crippen molar-refractivity contribution in [3.8, 4) is 28.3 Å². The number of phenols is 1. The van der Waals surface area contributed by atoms with Crippen LogP contribution in [0, 0.1) is 0 Å². The third kappa shape index (κ3) is 2.52. The number of hydrogen-bond acceptors (Lipinski definition) is 5. The molecule has 5 nitrogen and oxygen atoms in total. The van der Waals surface area contributed by atoms with Gasteiger partial charge in [-0.25, -0.2) is 9.97 Å². The van der Waals surface area contributed by atoms with E-state index in [4.69, 9.17) is 11.5 Å². The molecule has 0 fully saturated rings. The SMILES string of the molecule is Nc1nc(-c2ccccc2)c(N)c(-c2ccc(O)c3ccccc23)n1. The predicted octanol–water partition coefficient (Wildman–Crippen LogP) is 3.83. The van der Waals surface area contributed by atoms with Gasteiger partial charge < -0.3 is 16.6 Å². The van der Waals surface area contributed by atoms with E-state index in [1.54, 1.807) is 12.1 Å². The Balaban J connectivity index is 2.02. The van der Waals surface area contributed by atoms with Crippen molar-refractivity contribution < 1.29 is 5.11 Å².